The summed E-state index contributed by atoms with van der Waals surface area (Å²) in [6.45, 7) is 4.03. The van der Waals surface area contributed by atoms with Crippen molar-refractivity contribution in [1.29, 1.82) is 0 Å². The third-order valence-electron chi connectivity index (χ3n) is 3.64. The maximum absolute atomic E-state index is 13.6. The first-order valence-corrected chi connectivity index (χ1v) is 6.15. The zero-order valence-electron chi connectivity index (χ0n) is 9.98. The van der Waals surface area contributed by atoms with Crippen LogP contribution in [-0.4, -0.2) is 18.7 Å². The first-order valence-electron chi connectivity index (χ1n) is 6.15. The molecule has 1 aliphatic heterocycles. The monoisotopic (exact) mass is 251 g/mol. The average Bonchev–Trinajstić information content (AvgIpc) is 3.15. The predicted molar refractivity (Wildman–Crippen MR) is 66.1 cm³/mol. The van der Waals surface area contributed by atoms with Gasteiger partial charge in [-0.25, -0.2) is 8.78 Å². The van der Waals surface area contributed by atoms with Crippen LogP contribution in [0.5, 0.6) is 5.75 Å². The summed E-state index contributed by atoms with van der Waals surface area (Å²) in [4.78, 5) is 1.66. The average molecular weight is 251 g/mol. The number of alkyl halides is 2. The van der Waals surface area contributed by atoms with E-state index in [0.717, 1.165) is 18.5 Å². The van der Waals surface area contributed by atoms with Crippen LogP contribution < -0.4 is 9.64 Å². The minimum Gasteiger partial charge on any atom is -0.459 e. The van der Waals surface area contributed by atoms with Gasteiger partial charge in [0, 0.05) is 12.5 Å². The summed E-state index contributed by atoms with van der Waals surface area (Å²) in [6.07, 6.45) is 0.709. The smallest absolute Gasteiger partial charge is 0.296 e. The van der Waals surface area contributed by atoms with Crippen molar-refractivity contribution < 1.29 is 13.5 Å². The van der Waals surface area contributed by atoms with E-state index in [0.29, 0.717) is 12.3 Å². The quantitative estimate of drug-likeness (QED) is 0.760. The van der Waals surface area contributed by atoms with Crippen LogP contribution >= 0.6 is 0 Å². The topological polar surface area (TPSA) is 12.5 Å². The van der Waals surface area contributed by atoms with Gasteiger partial charge in [0.1, 0.15) is 5.75 Å². The first-order chi connectivity index (χ1) is 8.70. The standard InChI is InChI=1S/C14H15F2NO/c1-2-9-17-11-5-3-4-6-12(11)18-14(17,13(15)16)10-7-8-10/h2-6,10,13H,1,7-9H2. The van der Waals surface area contributed by atoms with Crippen LogP contribution in [0, 0.1) is 5.92 Å². The first kappa shape index (κ1) is 11.5. The molecule has 0 amide bonds. The van der Waals surface area contributed by atoms with Gasteiger partial charge in [0.05, 0.1) is 5.69 Å². The second-order valence-corrected chi connectivity index (χ2v) is 4.80. The second kappa shape index (κ2) is 3.97. The van der Waals surface area contributed by atoms with E-state index in [-0.39, 0.29) is 5.92 Å². The number of hydrogen-bond acceptors (Lipinski definition) is 2. The van der Waals surface area contributed by atoms with Crippen LogP contribution in [0.4, 0.5) is 14.5 Å². The van der Waals surface area contributed by atoms with E-state index < -0.39 is 12.2 Å². The molecule has 0 bridgehead atoms. The van der Waals surface area contributed by atoms with Crippen LogP contribution in [0.3, 0.4) is 0 Å². The van der Waals surface area contributed by atoms with E-state index in [2.05, 4.69) is 6.58 Å². The van der Waals surface area contributed by atoms with Gasteiger partial charge in [-0.1, -0.05) is 18.2 Å². The molecule has 1 aliphatic carbocycles. The van der Waals surface area contributed by atoms with Gasteiger partial charge < -0.3 is 9.64 Å². The number of hydrogen-bond donors (Lipinski definition) is 0. The third kappa shape index (κ3) is 1.44. The van der Waals surface area contributed by atoms with Crippen LogP contribution in [-0.2, 0) is 0 Å². The number of anilines is 1. The Kier molecular flexibility index (Phi) is 2.54. The highest BCUT2D eigenvalue weighted by atomic mass is 19.3. The number of rotatable bonds is 4. The molecule has 1 aromatic carbocycles. The third-order valence-corrected chi connectivity index (χ3v) is 3.64. The van der Waals surface area contributed by atoms with Crippen LogP contribution in [0.2, 0.25) is 0 Å². The number of benzene rings is 1. The highest BCUT2D eigenvalue weighted by molar-refractivity contribution is 5.65. The SMILES string of the molecule is C=CCN1c2ccccc2OC1(C(F)F)C1CC1. The van der Waals surface area contributed by atoms with E-state index in [1.165, 1.54) is 0 Å². The highest BCUT2D eigenvalue weighted by Gasteiger charge is 2.61. The second-order valence-electron chi connectivity index (χ2n) is 4.80. The normalized spacial score (nSPS) is 26.1. The lowest BCUT2D eigenvalue weighted by Crippen LogP contribution is -2.57. The molecular formula is C14H15F2NO. The number of ether oxygens (including phenoxy) is 1. The van der Waals surface area contributed by atoms with Gasteiger partial charge in [-0.05, 0) is 25.0 Å². The predicted octanol–water partition coefficient (Wildman–Crippen LogP) is 3.44. The maximum Gasteiger partial charge on any atom is 0.296 e. The largest absolute Gasteiger partial charge is 0.459 e. The summed E-state index contributed by atoms with van der Waals surface area (Å²) in [7, 11) is 0. The Bertz CT molecular complexity index is 469. The Morgan fingerprint density at radius 1 is 1.44 bits per heavy atom. The summed E-state index contributed by atoms with van der Waals surface area (Å²) in [6, 6.07) is 7.22. The molecule has 2 aliphatic rings. The molecule has 2 nitrogen and oxygen atoms in total. The van der Waals surface area contributed by atoms with Crippen molar-refractivity contribution in [3.63, 3.8) is 0 Å². The molecule has 18 heavy (non-hydrogen) atoms. The summed E-state index contributed by atoms with van der Waals surface area (Å²) in [5.41, 5.74) is -0.748. The van der Waals surface area contributed by atoms with Gasteiger partial charge in [-0.3, -0.25) is 0 Å². The van der Waals surface area contributed by atoms with E-state index in [1.807, 2.05) is 12.1 Å². The van der Waals surface area contributed by atoms with Gasteiger partial charge >= 0.3 is 0 Å². The van der Waals surface area contributed by atoms with Gasteiger partial charge in [0.2, 0.25) is 5.72 Å². The Balaban J connectivity index is 2.08. The Labute approximate surface area is 105 Å². The summed E-state index contributed by atoms with van der Waals surface area (Å²) in [5.74, 6) is 0.455. The molecule has 1 atom stereocenters. The fourth-order valence-corrected chi connectivity index (χ4v) is 2.70. The van der Waals surface area contributed by atoms with E-state index in [1.54, 1.807) is 23.1 Å². The van der Waals surface area contributed by atoms with E-state index in [4.69, 9.17) is 4.74 Å². The minimum atomic E-state index is -2.53. The summed E-state index contributed by atoms with van der Waals surface area (Å²) in [5, 5.41) is 0. The van der Waals surface area contributed by atoms with E-state index >= 15 is 0 Å². The molecule has 4 heteroatoms. The lowest BCUT2D eigenvalue weighted by molar-refractivity contribution is -0.0795. The van der Waals surface area contributed by atoms with Crippen molar-refractivity contribution in [1.82, 2.24) is 0 Å². The molecule has 1 saturated carbocycles. The molecule has 0 radical (unpaired) electrons. The molecule has 1 unspecified atom stereocenters. The van der Waals surface area contributed by atoms with Gasteiger partial charge in [-0.15, -0.1) is 6.58 Å². The molecule has 0 N–H and O–H groups in total. The van der Waals surface area contributed by atoms with Crippen molar-refractivity contribution in [2.24, 2.45) is 5.92 Å². The summed E-state index contributed by atoms with van der Waals surface area (Å²) < 4.78 is 32.9. The fraction of sp³-hybridized carbons (Fsp3) is 0.429. The van der Waals surface area contributed by atoms with Gasteiger partial charge in [0.25, 0.3) is 6.43 Å². The van der Waals surface area contributed by atoms with Crippen LogP contribution in [0.15, 0.2) is 36.9 Å². The van der Waals surface area contributed by atoms with Crippen molar-refractivity contribution in [2.45, 2.75) is 25.0 Å². The lowest BCUT2D eigenvalue weighted by atomic mass is 10.1. The molecule has 1 aromatic rings. The number of fused-ring (bicyclic) bond motifs is 1. The molecule has 3 rings (SSSR count). The Morgan fingerprint density at radius 2 is 2.17 bits per heavy atom. The zero-order chi connectivity index (χ0) is 12.8. The van der Waals surface area contributed by atoms with Crippen LogP contribution in [0.25, 0.3) is 0 Å². The molecule has 0 aromatic heterocycles. The fourth-order valence-electron chi connectivity index (χ4n) is 2.70. The van der Waals surface area contributed by atoms with Crippen molar-refractivity contribution >= 4 is 5.69 Å². The van der Waals surface area contributed by atoms with Gasteiger partial charge in [-0.2, -0.15) is 0 Å². The molecule has 96 valence electrons. The lowest BCUT2D eigenvalue weighted by Gasteiger charge is -2.37. The van der Waals surface area contributed by atoms with Crippen molar-refractivity contribution in [3.05, 3.63) is 36.9 Å². The van der Waals surface area contributed by atoms with Crippen molar-refractivity contribution in [3.8, 4) is 5.75 Å². The Morgan fingerprint density at radius 3 is 2.78 bits per heavy atom. The number of para-hydroxylation sites is 2. The van der Waals surface area contributed by atoms with E-state index in [9.17, 15) is 8.78 Å². The molecule has 0 saturated heterocycles. The maximum atomic E-state index is 13.6. The number of nitrogens with zero attached hydrogens (tertiary/aromatic N) is 1. The van der Waals surface area contributed by atoms with Crippen LogP contribution in [0.1, 0.15) is 12.8 Å². The van der Waals surface area contributed by atoms with Gasteiger partial charge in [0.15, 0.2) is 0 Å². The minimum absolute atomic E-state index is 0.0927. The summed E-state index contributed by atoms with van der Waals surface area (Å²) >= 11 is 0. The number of halogens is 2. The van der Waals surface area contributed by atoms with Crippen molar-refractivity contribution in [2.75, 3.05) is 11.4 Å². The molecule has 0 spiro atoms. The molecular weight excluding hydrogens is 236 g/mol. The Hall–Kier alpha value is -1.58. The highest BCUT2D eigenvalue weighted by Crippen LogP contribution is 2.54. The molecule has 1 heterocycles. The zero-order valence-corrected chi connectivity index (χ0v) is 9.98. The molecule has 1 fully saturated rings.